The van der Waals surface area contributed by atoms with Crippen LogP contribution in [0.3, 0.4) is 0 Å². The van der Waals surface area contributed by atoms with E-state index in [1.165, 1.54) is 6.07 Å². The van der Waals surface area contributed by atoms with Crippen LogP contribution >= 0.6 is 0 Å². The van der Waals surface area contributed by atoms with Crippen LogP contribution in [-0.2, 0) is 0 Å². The van der Waals surface area contributed by atoms with Gasteiger partial charge in [-0.1, -0.05) is 0 Å². The van der Waals surface area contributed by atoms with E-state index in [-0.39, 0.29) is 11.1 Å². The van der Waals surface area contributed by atoms with Crippen LogP contribution in [0.15, 0.2) is 12.3 Å². The summed E-state index contributed by atoms with van der Waals surface area (Å²) in [4.78, 5) is 17.1. The molecule has 4 nitrogen and oxygen atoms in total. The van der Waals surface area contributed by atoms with Crippen LogP contribution in [0.4, 0.5) is 8.78 Å². The smallest absolute Gasteiger partial charge is 0.254 e. The van der Waals surface area contributed by atoms with Gasteiger partial charge in [0.05, 0.1) is 5.56 Å². The maximum atomic E-state index is 13.4. The van der Waals surface area contributed by atoms with Crippen molar-refractivity contribution in [2.24, 2.45) is 0 Å². The molecule has 1 amide bonds. The summed E-state index contributed by atoms with van der Waals surface area (Å²) in [5.74, 6) is -3.06. The first-order valence-corrected chi connectivity index (χ1v) is 6.22. The Morgan fingerprint density at radius 2 is 2.16 bits per heavy atom. The van der Waals surface area contributed by atoms with E-state index >= 15 is 0 Å². The highest BCUT2D eigenvalue weighted by atomic mass is 19.2. The molecule has 1 saturated carbocycles. The number of hydrogen-bond acceptors (Lipinski definition) is 3. The highest BCUT2D eigenvalue weighted by molar-refractivity contribution is 5.94. The van der Waals surface area contributed by atoms with Crippen molar-refractivity contribution in [2.45, 2.75) is 24.8 Å². The minimum atomic E-state index is -1.25. The fraction of sp³-hybridized carbons (Fsp3) is 0.538. The molecule has 104 valence electrons. The van der Waals surface area contributed by atoms with Gasteiger partial charge in [-0.3, -0.25) is 4.79 Å². The number of hydrogen-bond donors (Lipinski definition) is 1. The zero-order valence-electron chi connectivity index (χ0n) is 11.0. The number of carbonyl (C=O) groups excluding carboxylic acids is 1. The Kier molecular flexibility index (Phi) is 3.80. The summed E-state index contributed by atoms with van der Waals surface area (Å²) < 4.78 is 26.4. The first kappa shape index (κ1) is 13.9. The van der Waals surface area contributed by atoms with Crippen LogP contribution in [0.5, 0.6) is 0 Å². The predicted octanol–water partition coefficient (Wildman–Crippen LogP) is 1.57. The van der Waals surface area contributed by atoms with Crippen molar-refractivity contribution in [2.75, 3.05) is 20.6 Å². The summed E-state index contributed by atoms with van der Waals surface area (Å²) in [6, 6.07) is 1.18. The monoisotopic (exact) mass is 269 g/mol. The Hall–Kier alpha value is -1.56. The van der Waals surface area contributed by atoms with Gasteiger partial charge in [0.1, 0.15) is 0 Å². The van der Waals surface area contributed by atoms with Crippen molar-refractivity contribution < 1.29 is 13.6 Å². The molecule has 1 aliphatic rings. The Balaban J connectivity index is 2.04. The standard InChI is InChI=1S/C13H17F2N3O/c1-18(2)13(5-3-6-13)8-17-12(19)9-4-7-16-11(15)10(9)14/h4,7H,3,5-6,8H2,1-2H3,(H,17,19). The number of nitrogens with zero attached hydrogens (tertiary/aromatic N) is 2. The third-order valence-corrected chi connectivity index (χ3v) is 3.90. The lowest BCUT2D eigenvalue weighted by Gasteiger charge is -2.47. The van der Waals surface area contributed by atoms with Gasteiger partial charge in [-0.2, -0.15) is 4.39 Å². The molecule has 0 unspecified atom stereocenters. The van der Waals surface area contributed by atoms with Gasteiger partial charge >= 0.3 is 0 Å². The van der Waals surface area contributed by atoms with E-state index in [2.05, 4.69) is 15.2 Å². The zero-order chi connectivity index (χ0) is 14.0. The molecule has 0 saturated heterocycles. The lowest BCUT2D eigenvalue weighted by molar-refractivity contribution is 0.0556. The molecule has 1 aliphatic carbocycles. The third-order valence-electron chi connectivity index (χ3n) is 3.90. The van der Waals surface area contributed by atoms with Crippen LogP contribution in [0.25, 0.3) is 0 Å². The van der Waals surface area contributed by atoms with Crippen LogP contribution in [0.1, 0.15) is 29.6 Å². The number of nitrogens with one attached hydrogen (secondary N) is 1. The van der Waals surface area contributed by atoms with Crippen molar-refractivity contribution >= 4 is 5.91 Å². The average Bonchev–Trinajstić information content (AvgIpc) is 2.30. The Bertz CT molecular complexity index is 487. The first-order chi connectivity index (χ1) is 8.96. The maximum absolute atomic E-state index is 13.4. The molecule has 0 aliphatic heterocycles. The van der Waals surface area contributed by atoms with E-state index in [1.807, 2.05) is 14.1 Å². The van der Waals surface area contributed by atoms with E-state index in [0.29, 0.717) is 6.54 Å². The molecular weight excluding hydrogens is 252 g/mol. The molecular formula is C13H17F2N3O. The molecule has 1 aromatic heterocycles. The summed E-state index contributed by atoms with van der Waals surface area (Å²) >= 11 is 0. The van der Waals surface area contributed by atoms with Crippen molar-refractivity contribution in [3.8, 4) is 0 Å². The molecule has 1 heterocycles. The Morgan fingerprint density at radius 3 is 2.68 bits per heavy atom. The van der Waals surface area contributed by atoms with Gasteiger partial charge in [0.25, 0.3) is 5.91 Å². The Morgan fingerprint density at radius 1 is 1.47 bits per heavy atom. The van der Waals surface area contributed by atoms with Gasteiger partial charge in [-0.25, -0.2) is 9.37 Å². The molecule has 1 fully saturated rings. The van der Waals surface area contributed by atoms with Crippen molar-refractivity contribution in [3.63, 3.8) is 0 Å². The second-order valence-electron chi connectivity index (χ2n) is 5.12. The van der Waals surface area contributed by atoms with E-state index in [4.69, 9.17) is 0 Å². The molecule has 0 bridgehead atoms. The number of halogens is 2. The number of amides is 1. The lowest BCUT2D eigenvalue weighted by Crippen LogP contribution is -2.57. The lowest BCUT2D eigenvalue weighted by atomic mass is 9.75. The zero-order valence-corrected chi connectivity index (χ0v) is 11.0. The molecule has 0 aromatic carbocycles. The van der Waals surface area contributed by atoms with Crippen LogP contribution in [-0.4, -0.2) is 42.0 Å². The number of rotatable bonds is 4. The SMILES string of the molecule is CN(C)C1(CNC(=O)c2ccnc(F)c2F)CCC1. The van der Waals surface area contributed by atoms with Crippen LogP contribution < -0.4 is 5.32 Å². The third kappa shape index (κ3) is 2.58. The first-order valence-electron chi connectivity index (χ1n) is 6.22. The van der Waals surface area contributed by atoms with Gasteiger partial charge in [0.15, 0.2) is 5.82 Å². The summed E-state index contributed by atoms with van der Waals surface area (Å²) in [5.41, 5.74) is -0.363. The van der Waals surface area contributed by atoms with Crippen molar-refractivity contribution in [1.29, 1.82) is 0 Å². The summed E-state index contributed by atoms with van der Waals surface area (Å²) in [7, 11) is 3.91. The normalized spacial score (nSPS) is 17.1. The molecule has 6 heteroatoms. The van der Waals surface area contributed by atoms with Crippen molar-refractivity contribution in [1.82, 2.24) is 15.2 Å². The van der Waals surface area contributed by atoms with Crippen molar-refractivity contribution in [3.05, 3.63) is 29.6 Å². The summed E-state index contributed by atoms with van der Waals surface area (Å²) in [5, 5.41) is 2.68. The minimum absolute atomic E-state index is 0.0578. The second kappa shape index (κ2) is 5.21. The second-order valence-corrected chi connectivity index (χ2v) is 5.12. The topological polar surface area (TPSA) is 45.2 Å². The van der Waals surface area contributed by atoms with Gasteiger partial charge in [-0.05, 0) is 39.4 Å². The quantitative estimate of drug-likeness (QED) is 0.844. The molecule has 2 rings (SSSR count). The highest BCUT2D eigenvalue weighted by Crippen LogP contribution is 2.35. The minimum Gasteiger partial charge on any atom is -0.350 e. The molecule has 0 radical (unpaired) electrons. The van der Waals surface area contributed by atoms with E-state index in [0.717, 1.165) is 25.5 Å². The molecule has 0 spiro atoms. The van der Waals surface area contributed by atoms with Gasteiger partial charge in [-0.15, -0.1) is 0 Å². The maximum Gasteiger partial charge on any atom is 0.254 e. The largest absolute Gasteiger partial charge is 0.350 e. The van der Waals surface area contributed by atoms with E-state index < -0.39 is 17.7 Å². The molecule has 1 N–H and O–H groups in total. The number of likely N-dealkylation sites (N-methyl/N-ethyl adjacent to an activating group) is 1. The fourth-order valence-corrected chi connectivity index (χ4v) is 2.30. The highest BCUT2D eigenvalue weighted by Gasteiger charge is 2.39. The molecule has 1 aromatic rings. The number of pyridine rings is 1. The van der Waals surface area contributed by atoms with E-state index in [9.17, 15) is 13.6 Å². The average molecular weight is 269 g/mol. The predicted molar refractivity (Wildman–Crippen MR) is 66.8 cm³/mol. The summed E-state index contributed by atoms with van der Waals surface area (Å²) in [6.45, 7) is 0.433. The fourth-order valence-electron chi connectivity index (χ4n) is 2.30. The van der Waals surface area contributed by atoms with E-state index in [1.54, 1.807) is 0 Å². The van der Waals surface area contributed by atoms with Crippen LogP contribution in [0.2, 0.25) is 0 Å². The molecule has 19 heavy (non-hydrogen) atoms. The van der Waals surface area contributed by atoms with Crippen LogP contribution in [0, 0.1) is 11.8 Å². The van der Waals surface area contributed by atoms with Gasteiger partial charge in [0, 0.05) is 18.3 Å². The Labute approximate surface area is 110 Å². The summed E-state index contributed by atoms with van der Waals surface area (Å²) in [6.07, 6.45) is 4.19. The van der Waals surface area contributed by atoms with Gasteiger partial charge in [0.2, 0.25) is 5.95 Å². The van der Waals surface area contributed by atoms with Gasteiger partial charge < -0.3 is 10.2 Å². The number of carbonyl (C=O) groups is 1. The number of aromatic nitrogens is 1. The molecule has 0 atom stereocenters.